The molecule has 0 aromatic heterocycles. The molecule has 1 N–H and O–H groups in total. The highest BCUT2D eigenvalue weighted by Crippen LogP contribution is 2.26. The molecule has 6 heteroatoms. The summed E-state index contributed by atoms with van der Waals surface area (Å²) in [5.74, 6) is 0. The van der Waals surface area contributed by atoms with Gasteiger partial charge in [0.25, 0.3) is 0 Å². The first-order valence-electron chi connectivity index (χ1n) is 6.36. The molecule has 0 amide bonds. The van der Waals surface area contributed by atoms with Crippen LogP contribution in [-0.2, 0) is 0 Å². The molecule has 0 bridgehead atoms. The second-order valence-corrected chi connectivity index (χ2v) is 5.68. The summed E-state index contributed by atoms with van der Waals surface area (Å²) in [4.78, 5) is 2.13. The van der Waals surface area contributed by atoms with Crippen molar-refractivity contribution in [2.24, 2.45) is 0 Å². The third kappa shape index (κ3) is 7.47. The summed E-state index contributed by atoms with van der Waals surface area (Å²) in [6.07, 6.45) is 7.71. The lowest BCUT2D eigenvalue weighted by atomic mass is 10.1. The summed E-state index contributed by atoms with van der Waals surface area (Å²) in [6.45, 7) is 0. The van der Waals surface area contributed by atoms with Crippen LogP contribution in [0.5, 0.6) is 0 Å². The standard InChI is InChI=1S/C14H19N.ClHO4/c1-15(2)14-9-7-13(8-10-14)11-12-5-3-4-6-12;2-1(3,4)5/h7-11H,3-6H2,1-2H3;(H,2,3,4,5). The van der Waals surface area contributed by atoms with Crippen LogP contribution in [0.25, 0.3) is 6.08 Å². The van der Waals surface area contributed by atoms with E-state index < -0.39 is 10.2 Å². The van der Waals surface area contributed by atoms with E-state index in [1.807, 2.05) is 0 Å². The van der Waals surface area contributed by atoms with Gasteiger partial charge in [-0.05, 0) is 43.4 Å². The van der Waals surface area contributed by atoms with Gasteiger partial charge < -0.3 is 4.90 Å². The van der Waals surface area contributed by atoms with Crippen LogP contribution in [-0.4, -0.2) is 18.8 Å². The van der Waals surface area contributed by atoms with Gasteiger partial charge in [-0.25, -0.2) is 0 Å². The average Bonchev–Trinajstić information content (AvgIpc) is 2.80. The zero-order chi connectivity index (χ0) is 15.2. The molecule has 1 aliphatic rings. The molecule has 0 aliphatic heterocycles. The van der Waals surface area contributed by atoms with Crippen molar-refractivity contribution in [3.05, 3.63) is 35.4 Å². The van der Waals surface area contributed by atoms with Gasteiger partial charge >= 0.3 is 0 Å². The molecule has 0 atom stereocenters. The number of hydrogen-bond donors (Lipinski definition) is 1. The van der Waals surface area contributed by atoms with Crippen molar-refractivity contribution in [1.82, 2.24) is 0 Å². The van der Waals surface area contributed by atoms with Gasteiger partial charge in [-0.3, -0.25) is 0 Å². The minimum absolute atomic E-state index is 1.27. The lowest BCUT2D eigenvalue weighted by Crippen LogP contribution is -2.58. The van der Waals surface area contributed by atoms with Crippen LogP contribution in [0, 0.1) is 10.2 Å². The molecule has 1 saturated carbocycles. The molecule has 1 aromatic carbocycles. The summed E-state index contributed by atoms with van der Waals surface area (Å²) in [5.41, 5.74) is 4.23. The quantitative estimate of drug-likeness (QED) is 0.801. The third-order valence-corrected chi connectivity index (χ3v) is 3.03. The largest absolute Gasteiger partial charge is 0.378 e. The minimum atomic E-state index is -4.69. The van der Waals surface area contributed by atoms with Crippen LogP contribution in [0.1, 0.15) is 31.2 Å². The zero-order valence-electron chi connectivity index (χ0n) is 11.7. The first kappa shape index (κ1) is 16.9. The number of anilines is 1. The minimum Gasteiger partial charge on any atom is -0.378 e. The van der Waals surface area contributed by atoms with Gasteiger partial charge in [-0.1, -0.05) is 23.8 Å². The summed E-state index contributed by atoms with van der Waals surface area (Å²) in [5, 5.41) is 0. The Kier molecular flexibility index (Phi) is 6.45. The zero-order valence-corrected chi connectivity index (χ0v) is 12.5. The highest BCUT2D eigenvalue weighted by atomic mass is 35.7. The fourth-order valence-corrected chi connectivity index (χ4v) is 2.08. The molecule has 1 aliphatic carbocycles. The number of halogens is 1. The van der Waals surface area contributed by atoms with Crippen LogP contribution in [0.15, 0.2) is 29.8 Å². The van der Waals surface area contributed by atoms with Gasteiger partial charge in [0.2, 0.25) is 0 Å². The van der Waals surface area contributed by atoms with Crippen LogP contribution < -0.4 is 18.9 Å². The molecule has 2 rings (SSSR count). The van der Waals surface area contributed by atoms with Crippen LogP contribution in [0.3, 0.4) is 0 Å². The number of allylic oxidation sites excluding steroid dienone is 1. The Balaban J connectivity index is 0.000000347. The molecule has 5 nitrogen and oxygen atoms in total. The fraction of sp³-hybridized carbons (Fsp3) is 0.429. The molecule has 0 spiro atoms. The number of benzene rings is 1. The van der Waals surface area contributed by atoms with E-state index in [9.17, 15) is 0 Å². The van der Waals surface area contributed by atoms with Crippen molar-refractivity contribution in [3.63, 3.8) is 0 Å². The second-order valence-electron chi connectivity index (χ2n) is 4.89. The van der Waals surface area contributed by atoms with E-state index >= 15 is 0 Å². The molecule has 1 fully saturated rings. The predicted octanol–water partition coefficient (Wildman–Crippen LogP) is -0.414. The molecule has 20 heavy (non-hydrogen) atoms. The highest BCUT2D eigenvalue weighted by Gasteiger charge is 2.05. The van der Waals surface area contributed by atoms with E-state index in [1.54, 1.807) is 5.57 Å². The van der Waals surface area contributed by atoms with Gasteiger partial charge in [0, 0.05) is 19.8 Å². The van der Waals surface area contributed by atoms with E-state index in [2.05, 4.69) is 49.3 Å². The lowest BCUT2D eigenvalue weighted by molar-refractivity contribution is -1.92. The number of nitrogens with zero attached hydrogens (tertiary/aromatic N) is 1. The Morgan fingerprint density at radius 2 is 1.50 bits per heavy atom. The maximum Gasteiger partial charge on any atom is 0.0777 e. The third-order valence-electron chi connectivity index (χ3n) is 3.03. The van der Waals surface area contributed by atoms with Crippen molar-refractivity contribution < 1.29 is 28.9 Å². The molecule has 0 unspecified atom stereocenters. The maximum atomic E-state index is 8.60. The van der Waals surface area contributed by atoms with Gasteiger partial charge in [0.15, 0.2) is 0 Å². The predicted molar refractivity (Wildman–Crippen MR) is 69.4 cm³/mol. The van der Waals surface area contributed by atoms with Gasteiger partial charge in [0.05, 0.1) is 14.9 Å². The monoisotopic (exact) mass is 301 g/mol. The second kappa shape index (κ2) is 7.61. The Morgan fingerprint density at radius 3 is 1.90 bits per heavy atom. The SMILES string of the molecule is CN(C)c1ccc(C=C2CCCC2)cc1.[O-][Cl+3]([O-])([O-])O. The normalized spacial score (nSPS) is 14.6. The number of hydrogen-bond acceptors (Lipinski definition) is 5. The average molecular weight is 302 g/mol. The molecule has 0 radical (unpaired) electrons. The van der Waals surface area contributed by atoms with Crippen molar-refractivity contribution in [3.8, 4) is 0 Å². The van der Waals surface area contributed by atoms with E-state index in [1.165, 1.54) is 36.9 Å². The highest BCUT2D eigenvalue weighted by molar-refractivity contribution is 5.57. The van der Waals surface area contributed by atoms with Crippen molar-refractivity contribution in [2.45, 2.75) is 25.7 Å². The van der Waals surface area contributed by atoms with Crippen molar-refractivity contribution in [2.75, 3.05) is 19.0 Å². The molecule has 112 valence electrons. The van der Waals surface area contributed by atoms with Gasteiger partial charge in [-0.2, -0.15) is 14.0 Å². The Hall–Kier alpha value is -1.11. The first-order valence-corrected chi connectivity index (χ1v) is 7.62. The molecular formula is C14H20ClNO4. The van der Waals surface area contributed by atoms with E-state index in [4.69, 9.17) is 18.6 Å². The van der Waals surface area contributed by atoms with E-state index in [0.717, 1.165) is 0 Å². The molecule has 0 heterocycles. The van der Waals surface area contributed by atoms with Crippen LogP contribution in [0.2, 0.25) is 0 Å². The molecule has 1 aromatic rings. The van der Waals surface area contributed by atoms with Gasteiger partial charge in [0.1, 0.15) is 0 Å². The van der Waals surface area contributed by atoms with Crippen molar-refractivity contribution in [1.29, 1.82) is 0 Å². The van der Waals surface area contributed by atoms with Crippen molar-refractivity contribution >= 4 is 11.8 Å². The molecular weight excluding hydrogens is 282 g/mol. The van der Waals surface area contributed by atoms with Crippen LogP contribution in [0.4, 0.5) is 5.69 Å². The van der Waals surface area contributed by atoms with Gasteiger partial charge in [-0.15, -0.1) is 0 Å². The maximum absolute atomic E-state index is 8.60. The van der Waals surface area contributed by atoms with E-state index in [0.29, 0.717) is 0 Å². The van der Waals surface area contributed by atoms with E-state index in [-0.39, 0.29) is 0 Å². The smallest absolute Gasteiger partial charge is 0.0777 e. The topological polar surface area (TPSA) is 92.7 Å². The summed E-state index contributed by atoms with van der Waals surface area (Å²) >= 11 is 0. The summed E-state index contributed by atoms with van der Waals surface area (Å²) < 4.78 is 32.7. The molecule has 0 saturated heterocycles. The van der Waals surface area contributed by atoms with Crippen LogP contribution >= 0.6 is 0 Å². The summed E-state index contributed by atoms with van der Waals surface area (Å²) in [6, 6.07) is 8.78. The Morgan fingerprint density at radius 1 is 1.05 bits per heavy atom. The Bertz CT molecular complexity index is 423. The lowest BCUT2D eigenvalue weighted by Gasteiger charge is -2.11. The first-order chi connectivity index (χ1) is 9.25. The summed E-state index contributed by atoms with van der Waals surface area (Å²) in [7, 11) is -0.547. The fourth-order valence-electron chi connectivity index (χ4n) is 2.08. The Labute approximate surface area is 121 Å². The number of rotatable bonds is 2.